The molecule has 0 aliphatic carbocycles. The summed E-state index contributed by atoms with van der Waals surface area (Å²) < 4.78 is 3.97. The predicted octanol–water partition coefficient (Wildman–Crippen LogP) is -0.658. The Morgan fingerprint density at radius 1 is 1.11 bits per heavy atom. The second-order valence-corrected chi connectivity index (χ2v) is 1.09. The molecule has 0 spiro atoms. The van der Waals surface area contributed by atoms with Gasteiger partial charge in [0.25, 0.3) is 0 Å². The maximum absolute atomic E-state index is 9.81. The fourth-order valence-electron chi connectivity index (χ4n) is 0.202. The normalized spacial score (nSPS) is 6.00. The molecule has 0 aromatic carbocycles. The number of rotatable bonds is 0. The van der Waals surface area contributed by atoms with Crippen molar-refractivity contribution in [3.05, 3.63) is 0 Å². The van der Waals surface area contributed by atoms with E-state index in [2.05, 4.69) is 4.74 Å². The van der Waals surface area contributed by atoms with Gasteiger partial charge in [0.2, 0.25) is 0 Å². The molecule has 0 heterocycles. The molecule has 0 bridgehead atoms. The first-order valence-electron chi connectivity index (χ1n) is 1.82. The number of esters is 2. The molecule has 5 heteroatoms. The van der Waals surface area contributed by atoms with Gasteiger partial charge in [-0.15, -0.1) is 0 Å². The monoisotopic (exact) mass is 161 g/mol. The van der Waals surface area contributed by atoms with E-state index in [9.17, 15) is 9.59 Å². The Labute approximate surface area is 83.5 Å². The van der Waals surface area contributed by atoms with E-state index in [1.54, 1.807) is 0 Å². The Bertz CT molecular complexity index is 92.0. The van der Waals surface area contributed by atoms with E-state index in [0.29, 0.717) is 0 Å². The van der Waals surface area contributed by atoms with Gasteiger partial charge in [0.15, 0.2) is 0 Å². The first-order chi connectivity index (χ1) is 3.13. The molecule has 3 N–H and O–H groups in total. The van der Waals surface area contributed by atoms with Gasteiger partial charge in [-0.05, 0) is 0 Å². The molecule has 0 saturated heterocycles. The van der Waals surface area contributed by atoms with Gasteiger partial charge < -0.3 is 10.9 Å². The molecule has 52 valence electrons. The van der Waals surface area contributed by atoms with Crippen molar-refractivity contribution in [1.29, 1.82) is 0 Å². The van der Waals surface area contributed by atoms with E-state index < -0.39 is 11.9 Å². The van der Waals surface area contributed by atoms with Gasteiger partial charge in [-0.25, -0.2) is 0 Å². The van der Waals surface area contributed by atoms with E-state index in [0.717, 1.165) is 0 Å². The molecule has 0 rings (SSSR count). The molecular formula is C4H11CaNO3. The van der Waals surface area contributed by atoms with Crippen molar-refractivity contribution >= 4 is 49.7 Å². The zero-order valence-electron chi connectivity index (χ0n) is 4.93. The Balaban J connectivity index is -0.000000180. The number of ether oxygens (including phenoxy) is 1. The summed E-state index contributed by atoms with van der Waals surface area (Å²) in [6, 6.07) is 0. The van der Waals surface area contributed by atoms with E-state index in [1.165, 1.54) is 13.8 Å². The minimum absolute atomic E-state index is 0. The number of carbonyl (C=O) groups is 2. The van der Waals surface area contributed by atoms with Crippen LogP contribution in [0, 0.1) is 0 Å². The summed E-state index contributed by atoms with van der Waals surface area (Å²) in [5, 5.41) is 0. The molecule has 0 radical (unpaired) electrons. The average Bonchev–Trinajstić information content (AvgIpc) is 1.27. The third-order valence-corrected chi connectivity index (χ3v) is 0.287. The quantitative estimate of drug-likeness (QED) is 0.290. The van der Waals surface area contributed by atoms with Crippen molar-refractivity contribution in [2.45, 2.75) is 13.8 Å². The Hall–Kier alpha value is 0.360. The van der Waals surface area contributed by atoms with Gasteiger partial charge in [-0.2, -0.15) is 0 Å². The molecule has 9 heavy (non-hydrogen) atoms. The van der Waals surface area contributed by atoms with Crippen LogP contribution in [0.5, 0.6) is 0 Å². The van der Waals surface area contributed by atoms with Crippen LogP contribution in [-0.4, -0.2) is 49.7 Å². The van der Waals surface area contributed by atoms with Gasteiger partial charge in [0.05, 0.1) is 0 Å². The molecule has 0 atom stereocenters. The number of hydrogen-bond donors (Lipinski definition) is 1. The van der Waals surface area contributed by atoms with Crippen molar-refractivity contribution < 1.29 is 14.3 Å². The summed E-state index contributed by atoms with van der Waals surface area (Å²) in [6.07, 6.45) is 0. The van der Waals surface area contributed by atoms with Crippen LogP contribution in [0.15, 0.2) is 0 Å². The zero-order valence-corrected chi connectivity index (χ0v) is 4.93. The van der Waals surface area contributed by atoms with Crippen LogP contribution >= 0.6 is 0 Å². The molecule has 0 fully saturated rings. The van der Waals surface area contributed by atoms with Crippen molar-refractivity contribution in [2.75, 3.05) is 0 Å². The third kappa shape index (κ3) is 17.8. The summed E-state index contributed by atoms with van der Waals surface area (Å²) in [5.41, 5.74) is 0. The van der Waals surface area contributed by atoms with Gasteiger partial charge >= 0.3 is 49.7 Å². The first kappa shape index (κ1) is 16.2. The third-order valence-electron chi connectivity index (χ3n) is 0.287. The summed E-state index contributed by atoms with van der Waals surface area (Å²) >= 11 is 0. The summed E-state index contributed by atoms with van der Waals surface area (Å²) in [7, 11) is 0. The van der Waals surface area contributed by atoms with Crippen LogP contribution in [0.3, 0.4) is 0 Å². The van der Waals surface area contributed by atoms with Crippen molar-refractivity contribution in [1.82, 2.24) is 6.15 Å². The van der Waals surface area contributed by atoms with Crippen LogP contribution in [0.2, 0.25) is 0 Å². The van der Waals surface area contributed by atoms with Crippen LogP contribution in [0.25, 0.3) is 0 Å². The predicted molar refractivity (Wildman–Crippen MR) is 36.0 cm³/mol. The number of hydrogen-bond acceptors (Lipinski definition) is 4. The Kier molecular flexibility index (Phi) is 15.0. The molecule has 0 amide bonds. The minimum atomic E-state index is -0.562. The Morgan fingerprint density at radius 3 is 1.33 bits per heavy atom. The van der Waals surface area contributed by atoms with Gasteiger partial charge in [0.1, 0.15) is 0 Å². The van der Waals surface area contributed by atoms with Crippen LogP contribution < -0.4 is 6.15 Å². The average molecular weight is 161 g/mol. The summed E-state index contributed by atoms with van der Waals surface area (Å²) in [6.45, 7) is 2.36. The molecule has 4 nitrogen and oxygen atoms in total. The van der Waals surface area contributed by atoms with Gasteiger partial charge in [-0.3, -0.25) is 9.59 Å². The Morgan fingerprint density at radius 2 is 1.33 bits per heavy atom. The summed E-state index contributed by atoms with van der Waals surface area (Å²) in [4.78, 5) is 19.6. The fourth-order valence-corrected chi connectivity index (χ4v) is 0.202. The zero-order chi connectivity index (χ0) is 5.86. The van der Waals surface area contributed by atoms with E-state index in [-0.39, 0.29) is 43.9 Å². The second kappa shape index (κ2) is 8.36. The number of carbonyl (C=O) groups excluding carboxylic acids is 2. The molecule has 0 unspecified atom stereocenters. The van der Waals surface area contributed by atoms with Gasteiger partial charge in [-0.1, -0.05) is 0 Å². The van der Waals surface area contributed by atoms with Crippen LogP contribution in [0.1, 0.15) is 13.8 Å². The molecule has 0 aromatic heterocycles. The molecule has 0 saturated carbocycles. The molecular weight excluding hydrogens is 150 g/mol. The van der Waals surface area contributed by atoms with Crippen molar-refractivity contribution in [3.8, 4) is 0 Å². The molecule has 0 aliphatic rings. The van der Waals surface area contributed by atoms with E-state index in [1.807, 2.05) is 0 Å². The second-order valence-electron chi connectivity index (χ2n) is 1.09. The van der Waals surface area contributed by atoms with Crippen molar-refractivity contribution in [2.24, 2.45) is 0 Å². The van der Waals surface area contributed by atoms with Crippen molar-refractivity contribution in [3.63, 3.8) is 0 Å². The van der Waals surface area contributed by atoms with Crippen LogP contribution in [0.4, 0.5) is 0 Å². The van der Waals surface area contributed by atoms with Gasteiger partial charge in [0, 0.05) is 13.8 Å². The SMILES string of the molecule is CC(=O)OC(C)=O.N.[CaH2]. The van der Waals surface area contributed by atoms with E-state index >= 15 is 0 Å². The molecule has 0 aliphatic heterocycles. The topological polar surface area (TPSA) is 78.4 Å². The van der Waals surface area contributed by atoms with Crippen LogP contribution in [-0.2, 0) is 14.3 Å². The summed E-state index contributed by atoms with van der Waals surface area (Å²) in [5.74, 6) is -1.12. The first-order valence-corrected chi connectivity index (χ1v) is 1.82. The molecule has 0 aromatic rings. The maximum atomic E-state index is 9.81. The standard InChI is InChI=1S/C4H6O3.Ca.H3N.2H/c1-3(5)7-4(2)6;;;;/h1-2H3;;1H3;;. The van der Waals surface area contributed by atoms with E-state index in [4.69, 9.17) is 0 Å². The fraction of sp³-hybridized carbons (Fsp3) is 0.500.